The summed E-state index contributed by atoms with van der Waals surface area (Å²) in [5.74, 6) is 2.50. The standard InChI is InChI=1S/3C13H19N.3C4H10/c1-11(2)14-10-6-5-8-12-7-3-4-9-13(12)14;1-11(2)14-9-5-8-12-6-3-4-7-13(12)10-14;1-11(2)14-9-7-12-5-3-4-6-13(12)8-10-14;3*1-4(2)3/h3-4,7,9,11H,5-6,8,10H2,1-2H3;3-4,6-7,11H,5,8-10H2,1-2H3;3-6,11H,7-10H2,1-2H3;3*4H,1-3H3. The Kier molecular flexibility index (Phi) is 25.5. The molecule has 3 aliphatic rings. The van der Waals surface area contributed by atoms with Crippen LogP contribution in [0.5, 0.6) is 0 Å². The number of nitrogens with zero attached hydrogens (tertiary/aromatic N) is 3. The van der Waals surface area contributed by atoms with E-state index in [-0.39, 0.29) is 0 Å². The van der Waals surface area contributed by atoms with Gasteiger partial charge in [-0.1, -0.05) is 129 Å². The summed E-state index contributed by atoms with van der Waals surface area (Å²) in [6.07, 6.45) is 8.89. The van der Waals surface area contributed by atoms with Gasteiger partial charge in [-0.2, -0.15) is 0 Å². The minimum atomic E-state index is 0.620. The Balaban J connectivity index is 0.000000352. The van der Waals surface area contributed by atoms with Crippen molar-refractivity contribution < 1.29 is 0 Å². The lowest BCUT2D eigenvalue weighted by Crippen LogP contribution is -2.32. The lowest BCUT2D eigenvalue weighted by Gasteiger charge is -2.29. The molecule has 3 aromatic rings. The molecule has 0 N–H and O–H groups in total. The van der Waals surface area contributed by atoms with Gasteiger partial charge in [-0.15, -0.1) is 0 Å². The third kappa shape index (κ3) is 21.5. The molecule has 0 aliphatic carbocycles. The molecule has 0 atom stereocenters. The van der Waals surface area contributed by atoms with Gasteiger partial charge in [0.05, 0.1) is 0 Å². The number of hydrogen-bond donors (Lipinski definition) is 0. The largest absolute Gasteiger partial charge is 0.369 e. The van der Waals surface area contributed by atoms with Crippen molar-refractivity contribution in [1.29, 1.82) is 0 Å². The van der Waals surface area contributed by atoms with Crippen LogP contribution in [0.15, 0.2) is 72.8 Å². The molecule has 0 amide bonds. The molecule has 6 rings (SSSR count). The molecule has 0 saturated heterocycles. The second kappa shape index (κ2) is 27.9. The fourth-order valence-electron chi connectivity index (χ4n) is 6.63. The quantitative estimate of drug-likeness (QED) is 0.265. The Labute approximate surface area is 337 Å². The molecule has 3 aromatic carbocycles. The van der Waals surface area contributed by atoms with E-state index in [1.54, 1.807) is 16.7 Å². The number of hydrogen-bond acceptors (Lipinski definition) is 3. The van der Waals surface area contributed by atoms with Crippen molar-refractivity contribution in [3.05, 3.63) is 101 Å². The van der Waals surface area contributed by atoms with Gasteiger partial charge in [-0.25, -0.2) is 0 Å². The minimum absolute atomic E-state index is 0.620. The van der Waals surface area contributed by atoms with Crippen molar-refractivity contribution in [2.45, 2.75) is 173 Å². The molecule has 3 heterocycles. The third-order valence-corrected chi connectivity index (χ3v) is 9.32. The molecule has 54 heavy (non-hydrogen) atoms. The number of para-hydroxylation sites is 1. The first-order valence-corrected chi connectivity index (χ1v) is 22.0. The zero-order valence-corrected chi connectivity index (χ0v) is 38.2. The van der Waals surface area contributed by atoms with Crippen molar-refractivity contribution >= 4 is 5.69 Å². The van der Waals surface area contributed by atoms with Crippen molar-refractivity contribution in [2.24, 2.45) is 17.8 Å². The van der Waals surface area contributed by atoms with Crippen LogP contribution in [0.1, 0.15) is 151 Å². The van der Waals surface area contributed by atoms with Crippen LogP contribution in [0.3, 0.4) is 0 Å². The molecular weight excluding hydrogens is 655 g/mol. The number of fused-ring (bicyclic) bond motifs is 3. The van der Waals surface area contributed by atoms with Crippen LogP contribution < -0.4 is 4.90 Å². The summed E-state index contributed by atoms with van der Waals surface area (Å²) < 4.78 is 0. The highest BCUT2D eigenvalue weighted by Crippen LogP contribution is 2.27. The molecule has 0 spiro atoms. The minimum Gasteiger partial charge on any atom is -0.369 e. The highest BCUT2D eigenvalue weighted by Gasteiger charge is 2.18. The molecule has 0 saturated carbocycles. The summed E-state index contributed by atoms with van der Waals surface area (Å²) in [7, 11) is 0. The van der Waals surface area contributed by atoms with E-state index in [1.165, 1.54) is 87.9 Å². The van der Waals surface area contributed by atoms with E-state index in [9.17, 15) is 0 Å². The van der Waals surface area contributed by atoms with Gasteiger partial charge in [0.1, 0.15) is 0 Å². The first-order valence-electron chi connectivity index (χ1n) is 22.0. The topological polar surface area (TPSA) is 9.72 Å². The van der Waals surface area contributed by atoms with Crippen LogP contribution in [-0.4, -0.2) is 54.1 Å². The maximum absolute atomic E-state index is 2.57. The number of rotatable bonds is 3. The number of aryl methyl sites for hydroxylation is 2. The average Bonchev–Trinajstić information content (AvgIpc) is 3.55. The van der Waals surface area contributed by atoms with E-state index in [2.05, 4.69) is 191 Å². The van der Waals surface area contributed by atoms with Gasteiger partial charge in [0.25, 0.3) is 0 Å². The second-order valence-electron chi connectivity index (χ2n) is 18.4. The molecule has 3 nitrogen and oxygen atoms in total. The van der Waals surface area contributed by atoms with Gasteiger partial charge in [-0.05, 0) is 145 Å². The summed E-state index contributed by atoms with van der Waals surface area (Å²) in [5, 5.41) is 0. The van der Waals surface area contributed by atoms with Crippen LogP contribution in [0, 0.1) is 17.8 Å². The van der Waals surface area contributed by atoms with E-state index in [1.807, 2.05) is 0 Å². The zero-order chi connectivity index (χ0) is 40.6. The highest BCUT2D eigenvalue weighted by atomic mass is 15.2. The van der Waals surface area contributed by atoms with Gasteiger partial charge < -0.3 is 9.80 Å². The van der Waals surface area contributed by atoms with Crippen molar-refractivity contribution in [2.75, 3.05) is 31.1 Å². The van der Waals surface area contributed by atoms with E-state index in [0.29, 0.717) is 18.1 Å². The predicted octanol–water partition coefficient (Wildman–Crippen LogP) is 13.6. The van der Waals surface area contributed by atoms with Crippen LogP contribution >= 0.6 is 0 Å². The van der Waals surface area contributed by atoms with Crippen molar-refractivity contribution in [1.82, 2.24) is 9.80 Å². The molecule has 0 unspecified atom stereocenters. The van der Waals surface area contributed by atoms with E-state index in [4.69, 9.17) is 0 Å². The Hall–Kier alpha value is -2.62. The first kappa shape index (κ1) is 49.4. The van der Waals surface area contributed by atoms with Crippen LogP contribution in [0.4, 0.5) is 5.69 Å². The van der Waals surface area contributed by atoms with E-state index >= 15 is 0 Å². The van der Waals surface area contributed by atoms with Crippen LogP contribution in [-0.2, 0) is 32.2 Å². The van der Waals surface area contributed by atoms with Gasteiger partial charge in [0.2, 0.25) is 0 Å². The van der Waals surface area contributed by atoms with Crippen molar-refractivity contribution in [3.8, 4) is 0 Å². The molecule has 0 aromatic heterocycles. The van der Waals surface area contributed by atoms with Gasteiger partial charge >= 0.3 is 0 Å². The summed E-state index contributed by atoms with van der Waals surface area (Å²) >= 11 is 0. The molecule has 0 fully saturated rings. The van der Waals surface area contributed by atoms with Crippen LogP contribution in [0.25, 0.3) is 0 Å². The van der Waals surface area contributed by atoms with E-state index in [0.717, 1.165) is 24.3 Å². The summed E-state index contributed by atoms with van der Waals surface area (Å²) in [5.41, 5.74) is 9.17. The fraction of sp³-hybridized carbons (Fsp3) is 0.647. The number of anilines is 1. The Morgan fingerprint density at radius 1 is 0.352 bits per heavy atom. The molecule has 0 radical (unpaired) electrons. The summed E-state index contributed by atoms with van der Waals surface area (Å²) in [4.78, 5) is 7.66. The van der Waals surface area contributed by atoms with Gasteiger partial charge in [-0.3, -0.25) is 4.90 Å². The Morgan fingerprint density at radius 2 is 0.741 bits per heavy atom. The lowest BCUT2D eigenvalue weighted by atomic mass is 10.0. The lowest BCUT2D eigenvalue weighted by molar-refractivity contribution is 0.216. The Bertz CT molecular complexity index is 1300. The van der Waals surface area contributed by atoms with E-state index < -0.39 is 0 Å². The number of benzene rings is 3. The molecule has 0 bridgehead atoms. The SMILES string of the molecule is CC(C)C.CC(C)C.CC(C)C.CC(C)N1CCCCc2ccccc21.CC(C)N1CCCc2ccccc2C1.CC(C)N1CCc2ccccc2CC1. The Morgan fingerprint density at radius 3 is 1.19 bits per heavy atom. The molecule has 3 aliphatic heterocycles. The third-order valence-electron chi connectivity index (χ3n) is 9.32. The van der Waals surface area contributed by atoms with Gasteiger partial charge in [0, 0.05) is 50.0 Å². The summed E-state index contributed by atoms with van der Waals surface area (Å²) in [6, 6.07) is 28.5. The molecule has 306 valence electrons. The van der Waals surface area contributed by atoms with Gasteiger partial charge in [0.15, 0.2) is 0 Å². The molecular formula is C51H87N3. The predicted molar refractivity (Wildman–Crippen MR) is 244 cm³/mol. The van der Waals surface area contributed by atoms with Crippen molar-refractivity contribution in [3.63, 3.8) is 0 Å². The second-order valence-corrected chi connectivity index (χ2v) is 18.4. The smallest absolute Gasteiger partial charge is 0.0401 e. The highest BCUT2D eigenvalue weighted by molar-refractivity contribution is 5.55. The summed E-state index contributed by atoms with van der Waals surface area (Å²) in [6.45, 7) is 39.2. The average molecular weight is 742 g/mol. The molecule has 3 heteroatoms. The maximum Gasteiger partial charge on any atom is 0.0401 e. The zero-order valence-electron chi connectivity index (χ0n) is 38.2. The van der Waals surface area contributed by atoms with Crippen LogP contribution in [0.2, 0.25) is 0 Å². The first-order chi connectivity index (χ1) is 25.5. The monoisotopic (exact) mass is 742 g/mol. The normalized spacial score (nSPS) is 15.6. The fourth-order valence-corrected chi connectivity index (χ4v) is 6.63. The maximum atomic E-state index is 2.57.